The molecule has 0 unspecified atom stereocenters. The van der Waals surface area contributed by atoms with Gasteiger partial charge in [0, 0.05) is 11.1 Å². The maximum absolute atomic E-state index is 11.9. The van der Waals surface area contributed by atoms with Crippen molar-refractivity contribution < 1.29 is 9.53 Å². The summed E-state index contributed by atoms with van der Waals surface area (Å²) in [6.45, 7) is 6.74. The van der Waals surface area contributed by atoms with E-state index in [0.717, 1.165) is 36.8 Å². The van der Waals surface area contributed by atoms with Crippen LogP contribution in [0.3, 0.4) is 0 Å². The van der Waals surface area contributed by atoms with Crippen molar-refractivity contribution in [2.45, 2.75) is 58.3 Å². The molecule has 0 atom stereocenters. The molecule has 1 saturated carbocycles. The van der Waals surface area contributed by atoms with Crippen molar-refractivity contribution in [2.75, 3.05) is 6.61 Å². The molecule has 2 aromatic rings. The SMILES string of the molecule is CCOC(=O)C1CCC(c2ccc(C#Cc3ccc(C(C)C)cc3)cc2)CC1. The van der Waals surface area contributed by atoms with Crippen LogP contribution in [-0.2, 0) is 9.53 Å². The molecule has 0 radical (unpaired) electrons. The van der Waals surface area contributed by atoms with E-state index in [2.05, 4.69) is 74.2 Å². The molecule has 0 aliphatic heterocycles. The van der Waals surface area contributed by atoms with Gasteiger partial charge in [0.25, 0.3) is 0 Å². The average molecular weight is 375 g/mol. The Balaban J connectivity index is 1.58. The first-order valence-electron chi connectivity index (χ1n) is 10.5. The summed E-state index contributed by atoms with van der Waals surface area (Å²) in [5, 5.41) is 0. The third-order valence-electron chi connectivity index (χ3n) is 5.66. The molecule has 0 spiro atoms. The fraction of sp³-hybridized carbons (Fsp3) is 0.423. The third-order valence-corrected chi connectivity index (χ3v) is 5.66. The molecule has 28 heavy (non-hydrogen) atoms. The first kappa shape index (κ1) is 20.2. The second kappa shape index (κ2) is 9.60. The third kappa shape index (κ3) is 5.26. The number of rotatable bonds is 4. The van der Waals surface area contributed by atoms with Crippen LogP contribution in [0.1, 0.15) is 80.5 Å². The highest BCUT2D eigenvalue weighted by molar-refractivity contribution is 5.72. The summed E-state index contributed by atoms with van der Waals surface area (Å²) in [6.07, 6.45) is 3.96. The molecule has 146 valence electrons. The van der Waals surface area contributed by atoms with Crippen molar-refractivity contribution in [1.82, 2.24) is 0 Å². The summed E-state index contributed by atoms with van der Waals surface area (Å²) in [6, 6.07) is 17.1. The molecule has 1 fully saturated rings. The number of hydrogen-bond acceptors (Lipinski definition) is 2. The van der Waals surface area contributed by atoms with Crippen LogP contribution in [0.5, 0.6) is 0 Å². The minimum atomic E-state index is -0.0204. The van der Waals surface area contributed by atoms with Crippen molar-refractivity contribution in [3.8, 4) is 11.8 Å². The predicted octanol–water partition coefficient (Wildman–Crippen LogP) is 6.05. The number of ether oxygens (including phenoxy) is 1. The normalized spacial score (nSPS) is 19.0. The lowest BCUT2D eigenvalue weighted by atomic mass is 9.78. The van der Waals surface area contributed by atoms with Crippen LogP contribution in [0.25, 0.3) is 0 Å². The van der Waals surface area contributed by atoms with E-state index in [1.165, 1.54) is 11.1 Å². The number of benzene rings is 2. The van der Waals surface area contributed by atoms with Gasteiger partial charge in [0.2, 0.25) is 0 Å². The Morgan fingerprint density at radius 2 is 1.46 bits per heavy atom. The highest BCUT2D eigenvalue weighted by Crippen LogP contribution is 2.36. The van der Waals surface area contributed by atoms with Gasteiger partial charge >= 0.3 is 5.97 Å². The van der Waals surface area contributed by atoms with E-state index < -0.39 is 0 Å². The number of carbonyl (C=O) groups is 1. The van der Waals surface area contributed by atoms with Gasteiger partial charge in [-0.25, -0.2) is 0 Å². The second-order valence-corrected chi connectivity index (χ2v) is 7.95. The fourth-order valence-electron chi connectivity index (χ4n) is 3.86. The van der Waals surface area contributed by atoms with Crippen LogP contribution >= 0.6 is 0 Å². The molecule has 0 N–H and O–H groups in total. The van der Waals surface area contributed by atoms with E-state index in [4.69, 9.17) is 4.74 Å². The summed E-state index contributed by atoms with van der Waals surface area (Å²) in [7, 11) is 0. The van der Waals surface area contributed by atoms with Crippen LogP contribution in [0.2, 0.25) is 0 Å². The molecule has 2 heteroatoms. The summed E-state index contributed by atoms with van der Waals surface area (Å²) >= 11 is 0. The van der Waals surface area contributed by atoms with Gasteiger partial charge in [-0.3, -0.25) is 4.79 Å². The number of hydrogen-bond donors (Lipinski definition) is 0. The molecule has 0 amide bonds. The Morgan fingerprint density at radius 3 is 1.96 bits per heavy atom. The molecule has 2 aromatic carbocycles. The lowest BCUT2D eigenvalue weighted by Gasteiger charge is -2.27. The lowest BCUT2D eigenvalue weighted by molar-refractivity contribution is -0.149. The lowest BCUT2D eigenvalue weighted by Crippen LogP contribution is -2.23. The Kier molecular flexibility index (Phi) is 6.93. The Labute approximate surface area is 169 Å². The topological polar surface area (TPSA) is 26.3 Å². The van der Waals surface area contributed by atoms with Crippen molar-refractivity contribution in [2.24, 2.45) is 5.92 Å². The van der Waals surface area contributed by atoms with Crippen LogP contribution in [0, 0.1) is 17.8 Å². The zero-order valence-corrected chi connectivity index (χ0v) is 17.2. The van der Waals surface area contributed by atoms with Gasteiger partial charge in [0.05, 0.1) is 12.5 Å². The minimum Gasteiger partial charge on any atom is -0.466 e. The molecule has 0 heterocycles. The molecular weight excluding hydrogens is 344 g/mol. The summed E-state index contributed by atoms with van der Waals surface area (Å²) in [4.78, 5) is 11.9. The van der Waals surface area contributed by atoms with E-state index in [0.29, 0.717) is 18.4 Å². The van der Waals surface area contributed by atoms with Crippen LogP contribution in [0.15, 0.2) is 48.5 Å². The van der Waals surface area contributed by atoms with Gasteiger partial charge in [-0.15, -0.1) is 0 Å². The first-order chi connectivity index (χ1) is 13.6. The van der Waals surface area contributed by atoms with E-state index >= 15 is 0 Å². The van der Waals surface area contributed by atoms with E-state index in [9.17, 15) is 4.79 Å². The summed E-state index contributed by atoms with van der Waals surface area (Å²) in [5.41, 5.74) is 4.78. The Hall–Kier alpha value is -2.53. The van der Waals surface area contributed by atoms with Gasteiger partial charge < -0.3 is 4.74 Å². The second-order valence-electron chi connectivity index (χ2n) is 7.95. The first-order valence-corrected chi connectivity index (χ1v) is 10.5. The smallest absolute Gasteiger partial charge is 0.308 e. The van der Waals surface area contributed by atoms with E-state index in [1.54, 1.807) is 0 Å². The van der Waals surface area contributed by atoms with Crippen molar-refractivity contribution >= 4 is 5.97 Å². The molecule has 1 aliphatic rings. The van der Waals surface area contributed by atoms with Crippen molar-refractivity contribution in [3.05, 3.63) is 70.8 Å². The molecule has 3 rings (SSSR count). The highest BCUT2D eigenvalue weighted by Gasteiger charge is 2.27. The predicted molar refractivity (Wildman–Crippen MR) is 114 cm³/mol. The summed E-state index contributed by atoms with van der Waals surface area (Å²) in [5.74, 6) is 7.67. The zero-order valence-electron chi connectivity index (χ0n) is 17.2. The van der Waals surface area contributed by atoms with E-state index in [-0.39, 0.29) is 11.9 Å². The summed E-state index contributed by atoms with van der Waals surface area (Å²) < 4.78 is 5.17. The molecule has 2 nitrogen and oxygen atoms in total. The van der Waals surface area contributed by atoms with Crippen molar-refractivity contribution in [3.63, 3.8) is 0 Å². The minimum absolute atomic E-state index is 0.0204. The molecule has 1 aliphatic carbocycles. The van der Waals surface area contributed by atoms with Crippen molar-refractivity contribution in [1.29, 1.82) is 0 Å². The van der Waals surface area contributed by atoms with Gasteiger partial charge in [-0.1, -0.05) is 50.0 Å². The Morgan fingerprint density at radius 1 is 0.929 bits per heavy atom. The zero-order chi connectivity index (χ0) is 19.9. The van der Waals surface area contributed by atoms with Crippen LogP contribution in [-0.4, -0.2) is 12.6 Å². The number of carbonyl (C=O) groups excluding carboxylic acids is 1. The van der Waals surface area contributed by atoms with Crippen LogP contribution < -0.4 is 0 Å². The van der Waals surface area contributed by atoms with Gasteiger partial charge in [0.15, 0.2) is 0 Å². The largest absolute Gasteiger partial charge is 0.466 e. The average Bonchev–Trinajstić information content (AvgIpc) is 2.73. The fourth-order valence-corrected chi connectivity index (χ4v) is 3.86. The standard InChI is InChI=1S/C26H30O2/c1-4-28-26(27)25-17-15-24(16-18-25)23-13-9-21(10-14-23)6-5-20-7-11-22(12-8-20)19(2)3/h7-14,19,24-25H,4,15-18H2,1-3H3. The molecule has 0 bridgehead atoms. The number of esters is 1. The quantitative estimate of drug-likeness (QED) is 0.481. The van der Waals surface area contributed by atoms with Gasteiger partial charge in [0.1, 0.15) is 0 Å². The molecular formula is C26H30O2. The maximum atomic E-state index is 11.9. The van der Waals surface area contributed by atoms with Crippen LogP contribution in [0.4, 0.5) is 0 Å². The van der Waals surface area contributed by atoms with Gasteiger partial charge in [-0.05, 0) is 79.8 Å². The monoisotopic (exact) mass is 374 g/mol. The maximum Gasteiger partial charge on any atom is 0.308 e. The molecule has 0 aromatic heterocycles. The Bertz CT molecular complexity index is 827. The molecule has 0 saturated heterocycles. The highest BCUT2D eigenvalue weighted by atomic mass is 16.5. The van der Waals surface area contributed by atoms with E-state index in [1.807, 2.05) is 6.92 Å². The van der Waals surface area contributed by atoms with Gasteiger partial charge in [-0.2, -0.15) is 0 Å².